The molecule has 3 aliphatic rings. The van der Waals surface area contributed by atoms with Gasteiger partial charge in [0.25, 0.3) is 17.4 Å². The molecule has 1 saturated carbocycles. The van der Waals surface area contributed by atoms with E-state index in [4.69, 9.17) is 9.72 Å². The normalized spacial score (nSPS) is 18.9. The number of hydrogen-bond acceptors (Lipinski definition) is 6. The Labute approximate surface area is 232 Å². The number of ether oxygens (including phenoxy) is 1. The highest BCUT2D eigenvalue weighted by atomic mass is 19.3. The lowest BCUT2D eigenvalue weighted by Crippen LogP contribution is -2.58. The van der Waals surface area contributed by atoms with Crippen molar-refractivity contribution in [3.05, 3.63) is 75.8 Å². The molecule has 1 N–H and O–H groups in total. The predicted octanol–water partition coefficient (Wildman–Crippen LogP) is 3.71. The molecule has 1 aliphatic carbocycles. The van der Waals surface area contributed by atoms with Crippen LogP contribution in [0.4, 0.5) is 13.2 Å². The van der Waals surface area contributed by atoms with Gasteiger partial charge in [-0.2, -0.15) is 0 Å². The van der Waals surface area contributed by atoms with E-state index in [1.165, 1.54) is 23.0 Å². The zero-order valence-corrected chi connectivity index (χ0v) is 22.2. The van der Waals surface area contributed by atoms with Crippen molar-refractivity contribution in [3.8, 4) is 16.9 Å². The van der Waals surface area contributed by atoms with Crippen molar-refractivity contribution >= 4 is 16.9 Å². The van der Waals surface area contributed by atoms with Crippen molar-refractivity contribution in [1.82, 2.24) is 29.3 Å². The second kappa shape index (κ2) is 9.52. The number of H-pyrrole nitrogens is 1. The van der Waals surface area contributed by atoms with Crippen molar-refractivity contribution in [3.63, 3.8) is 0 Å². The molecule has 0 unspecified atom stereocenters. The minimum absolute atomic E-state index is 0.0176. The molecule has 4 aromatic rings. The molecule has 2 saturated heterocycles. The SMILES string of the molecule is COC1CN(Cc2cc3ncn(-c4cc(-c5ccc(F)cc5C(=O)N5CC(F)(F)C5)cc(C5CC5)n4)c(=O)c3[nH]2)C1. The van der Waals surface area contributed by atoms with Crippen molar-refractivity contribution < 1.29 is 22.7 Å². The quantitative estimate of drug-likeness (QED) is 0.368. The van der Waals surface area contributed by atoms with E-state index in [1.807, 2.05) is 12.1 Å². The van der Waals surface area contributed by atoms with Crippen LogP contribution in [0, 0.1) is 5.82 Å². The number of amides is 1. The summed E-state index contributed by atoms with van der Waals surface area (Å²) in [5.41, 5.74) is 3.07. The maximum absolute atomic E-state index is 14.3. The molecular formula is C29H27F3N6O3. The lowest BCUT2D eigenvalue weighted by Gasteiger charge is -2.39. The summed E-state index contributed by atoms with van der Waals surface area (Å²) in [5.74, 6) is -3.76. The third-order valence-electron chi connectivity index (χ3n) is 7.98. The maximum atomic E-state index is 14.3. The molecule has 12 heteroatoms. The van der Waals surface area contributed by atoms with Crippen LogP contribution in [-0.4, -0.2) is 80.5 Å². The average molecular weight is 565 g/mol. The van der Waals surface area contributed by atoms with Gasteiger partial charge in [0.1, 0.15) is 23.5 Å². The molecule has 0 radical (unpaired) electrons. The summed E-state index contributed by atoms with van der Waals surface area (Å²) in [4.78, 5) is 42.4. The summed E-state index contributed by atoms with van der Waals surface area (Å²) < 4.78 is 47.9. The number of methoxy groups -OCH3 is 1. The first-order chi connectivity index (χ1) is 19.7. The highest BCUT2D eigenvalue weighted by molar-refractivity contribution is 6.01. The number of aromatic amines is 1. The first-order valence-electron chi connectivity index (χ1n) is 13.5. The van der Waals surface area contributed by atoms with Crippen molar-refractivity contribution in [2.75, 3.05) is 33.3 Å². The van der Waals surface area contributed by atoms with Gasteiger partial charge in [0.05, 0.1) is 30.3 Å². The topological polar surface area (TPSA) is 96.3 Å². The van der Waals surface area contributed by atoms with Crippen LogP contribution in [0.1, 0.15) is 40.5 Å². The Morgan fingerprint density at radius 3 is 2.63 bits per heavy atom. The summed E-state index contributed by atoms with van der Waals surface area (Å²) in [6, 6.07) is 9.07. The van der Waals surface area contributed by atoms with E-state index in [-0.39, 0.29) is 23.1 Å². The Bertz CT molecular complexity index is 1730. The van der Waals surface area contributed by atoms with E-state index in [9.17, 15) is 22.8 Å². The molecule has 0 bridgehead atoms. The molecule has 5 heterocycles. The van der Waals surface area contributed by atoms with Crippen LogP contribution in [0.15, 0.2) is 47.5 Å². The van der Waals surface area contributed by atoms with E-state index in [0.717, 1.165) is 48.3 Å². The van der Waals surface area contributed by atoms with Gasteiger partial charge in [-0.1, -0.05) is 6.07 Å². The molecule has 41 heavy (non-hydrogen) atoms. The van der Waals surface area contributed by atoms with Gasteiger partial charge < -0.3 is 14.6 Å². The highest BCUT2D eigenvalue weighted by Gasteiger charge is 2.46. The van der Waals surface area contributed by atoms with E-state index < -0.39 is 30.7 Å². The molecule has 1 aromatic carbocycles. The standard InChI is InChI=1S/C29H27F3N6O3/c1-41-20-11-36(12-20)10-19-9-24-26(34-19)28(40)38(15-33-24)25-7-17(6-23(35-25)16-2-3-16)21-5-4-18(30)8-22(21)27(39)37-13-29(31,32)14-37/h4-9,15-16,20,34H,2-3,10-14H2,1H3. The Morgan fingerprint density at radius 2 is 1.93 bits per heavy atom. The molecule has 0 atom stereocenters. The summed E-state index contributed by atoms with van der Waals surface area (Å²) in [7, 11) is 1.69. The number of likely N-dealkylation sites (tertiary alicyclic amines) is 2. The zero-order valence-electron chi connectivity index (χ0n) is 22.2. The molecule has 9 nitrogen and oxygen atoms in total. The number of pyridine rings is 1. The summed E-state index contributed by atoms with van der Waals surface area (Å²) in [6.45, 7) is 0.858. The van der Waals surface area contributed by atoms with Crippen LogP contribution in [0.2, 0.25) is 0 Å². The summed E-state index contributed by atoms with van der Waals surface area (Å²) >= 11 is 0. The summed E-state index contributed by atoms with van der Waals surface area (Å²) in [5, 5.41) is 0. The van der Waals surface area contributed by atoms with Crippen molar-refractivity contribution in [1.29, 1.82) is 0 Å². The number of carbonyl (C=O) groups excluding carboxylic acids is 1. The maximum Gasteiger partial charge on any atom is 0.283 e. The van der Waals surface area contributed by atoms with E-state index in [1.54, 1.807) is 13.2 Å². The fraction of sp³-hybridized carbons (Fsp3) is 0.379. The number of benzene rings is 1. The van der Waals surface area contributed by atoms with Gasteiger partial charge in [-0.05, 0) is 54.3 Å². The van der Waals surface area contributed by atoms with Gasteiger partial charge in [-0.25, -0.2) is 27.7 Å². The third kappa shape index (κ3) is 4.80. The highest BCUT2D eigenvalue weighted by Crippen LogP contribution is 2.41. The smallest absolute Gasteiger partial charge is 0.283 e. The van der Waals surface area contributed by atoms with Crippen molar-refractivity contribution in [2.45, 2.75) is 37.3 Å². The van der Waals surface area contributed by atoms with Crippen LogP contribution in [0.25, 0.3) is 28.0 Å². The van der Waals surface area contributed by atoms with Crippen molar-refractivity contribution in [2.24, 2.45) is 0 Å². The number of halogens is 3. The molecule has 1 amide bonds. The average Bonchev–Trinajstić information content (AvgIpc) is 3.68. The Kier molecular flexibility index (Phi) is 6.02. The minimum atomic E-state index is -2.95. The molecule has 212 valence electrons. The van der Waals surface area contributed by atoms with E-state index >= 15 is 0 Å². The lowest BCUT2D eigenvalue weighted by molar-refractivity contribution is -0.113. The Hall–Kier alpha value is -4.03. The van der Waals surface area contributed by atoms with E-state index in [2.05, 4.69) is 14.9 Å². The van der Waals surface area contributed by atoms with Gasteiger partial charge in [-0.3, -0.25) is 14.5 Å². The molecule has 3 aromatic heterocycles. The van der Waals surface area contributed by atoms with Crippen LogP contribution >= 0.6 is 0 Å². The number of nitrogens with zero attached hydrogens (tertiary/aromatic N) is 5. The zero-order chi connectivity index (χ0) is 28.5. The van der Waals surface area contributed by atoms with Gasteiger partial charge in [0.2, 0.25) is 0 Å². The molecule has 2 aliphatic heterocycles. The molecule has 0 spiro atoms. The number of fused-ring (bicyclic) bond motifs is 1. The minimum Gasteiger partial charge on any atom is -0.379 e. The molecule has 3 fully saturated rings. The predicted molar refractivity (Wildman–Crippen MR) is 144 cm³/mol. The summed E-state index contributed by atoms with van der Waals surface area (Å²) in [6.07, 6.45) is 3.51. The number of aromatic nitrogens is 4. The Balaban J connectivity index is 1.27. The van der Waals surface area contributed by atoms with Gasteiger partial charge in [-0.15, -0.1) is 0 Å². The number of nitrogens with one attached hydrogen (secondary N) is 1. The third-order valence-corrected chi connectivity index (χ3v) is 7.98. The second-order valence-corrected chi connectivity index (χ2v) is 11.1. The van der Waals surface area contributed by atoms with E-state index in [0.29, 0.717) is 34.5 Å². The molecular weight excluding hydrogens is 537 g/mol. The fourth-order valence-electron chi connectivity index (χ4n) is 5.52. The second-order valence-electron chi connectivity index (χ2n) is 11.1. The van der Waals surface area contributed by atoms with Crippen LogP contribution in [0.3, 0.4) is 0 Å². The monoisotopic (exact) mass is 564 g/mol. The number of rotatable bonds is 7. The number of alkyl halides is 2. The van der Waals surface area contributed by atoms with Gasteiger partial charge in [0.15, 0.2) is 0 Å². The first-order valence-corrected chi connectivity index (χ1v) is 13.5. The first kappa shape index (κ1) is 25.9. The van der Waals surface area contributed by atoms with Gasteiger partial charge >= 0.3 is 0 Å². The van der Waals surface area contributed by atoms with Crippen LogP contribution < -0.4 is 5.56 Å². The van der Waals surface area contributed by atoms with Crippen LogP contribution in [0.5, 0.6) is 0 Å². The largest absolute Gasteiger partial charge is 0.379 e. The lowest BCUT2D eigenvalue weighted by atomic mass is 9.96. The fourth-order valence-corrected chi connectivity index (χ4v) is 5.52. The van der Waals surface area contributed by atoms with Gasteiger partial charge in [0, 0.05) is 44.0 Å². The number of carbonyl (C=O) groups is 1. The van der Waals surface area contributed by atoms with Crippen LogP contribution in [-0.2, 0) is 11.3 Å². The molecule has 7 rings (SSSR count). The number of hydrogen-bond donors (Lipinski definition) is 1. The Morgan fingerprint density at radius 1 is 1.15 bits per heavy atom.